The summed E-state index contributed by atoms with van der Waals surface area (Å²) in [5, 5.41) is 57.1. The summed E-state index contributed by atoms with van der Waals surface area (Å²) >= 11 is 0. The molecule has 11 heteroatoms. The molecule has 1 amide bonds. The summed E-state index contributed by atoms with van der Waals surface area (Å²) in [5.74, 6) is -1.18. The molecule has 0 radical (unpaired) electrons. The van der Waals surface area contributed by atoms with Crippen molar-refractivity contribution in [1.29, 1.82) is 0 Å². The van der Waals surface area contributed by atoms with Crippen LogP contribution in [-0.2, 0) is 23.8 Å². The minimum Gasteiger partial charge on any atom is -0.454 e. The summed E-state index contributed by atoms with van der Waals surface area (Å²) in [5.41, 5.74) is 0. The van der Waals surface area contributed by atoms with E-state index < -0.39 is 67.4 Å². The number of amides is 1. The molecular weight excluding hydrogens is 979 g/mol. The number of allylic oxidation sites excluding steroid dienone is 5. The molecule has 1 heterocycles. The first-order valence-corrected chi connectivity index (χ1v) is 33.3. The Morgan fingerprint density at radius 3 is 1.33 bits per heavy atom. The number of esters is 1. The van der Waals surface area contributed by atoms with Gasteiger partial charge in [-0.3, -0.25) is 9.59 Å². The number of carbonyl (C=O) groups is 2. The highest BCUT2D eigenvalue weighted by Gasteiger charge is 2.47. The van der Waals surface area contributed by atoms with Gasteiger partial charge in [-0.05, 0) is 57.8 Å². The van der Waals surface area contributed by atoms with Crippen LogP contribution in [0.25, 0.3) is 0 Å². The fourth-order valence-electron chi connectivity index (χ4n) is 10.5. The molecule has 8 unspecified atom stereocenters. The van der Waals surface area contributed by atoms with Crippen LogP contribution in [-0.4, -0.2) is 99.6 Å². The molecule has 0 spiro atoms. The van der Waals surface area contributed by atoms with Crippen LogP contribution in [0.3, 0.4) is 0 Å². The molecule has 8 atom stereocenters. The van der Waals surface area contributed by atoms with Gasteiger partial charge in [0.25, 0.3) is 0 Å². The molecule has 458 valence electrons. The Hall–Kier alpha value is -2.12. The summed E-state index contributed by atoms with van der Waals surface area (Å²) in [6.45, 7) is 5.80. The molecule has 1 rings (SSSR count). The lowest BCUT2D eigenvalue weighted by molar-refractivity contribution is -0.305. The number of ether oxygens (including phenoxy) is 3. The topological polar surface area (TPSA) is 175 Å². The van der Waals surface area contributed by atoms with Gasteiger partial charge in [0.05, 0.1) is 25.4 Å². The molecule has 0 bridgehead atoms. The lowest BCUT2D eigenvalue weighted by atomic mass is 9.99. The minimum atomic E-state index is -1.61. The average Bonchev–Trinajstić information content (AvgIpc) is 3.44. The number of hydrogen-bond acceptors (Lipinski definition) is 10. The molecular formula is C67H125NO10. The Balaban J connectivity index is 2.63. The lowest BCUT2D eigenvalue weighted by Crippen LogP contribution is -2.61. The number of carbonyl (C=O) groups excluding carboxylic acids is 2. The van der Waals surface area contributed by atoms with Crippen LogP contribution < -0.4 is 5.32 Å². The molecule has 0 saturated carbocycles. The molecule has 0 aromatic rings. The summed E-state index contributed by atoms with van der Waals surface area (Å²) < 4.78 is 17.7. The molecule has 1 fully saturated rings. The largest absolute Gasteiger partial charge is 0.454 e. The third-order valence-electron chi connectivity index (χ3n) is 15.8. The SMILES string of the molecule is CCCCC/C=C\C/C=C\CCCCCCCCCCCCC(O)C(=O)NC(COC1OC(CO)C(O)C(O)C1OC(=O)CCCCCCCCCCCCCCCCCCC)C(O)/C=C/CCCCCCCCCCCC. The second-order valence-electron chi connectivity index (χ2n) is 23.2. The van der Waals surface area contributed by atoms with Crippen molar-refractivity contribution in [3.8, 4) is 0 Å². The minimum absolute atomic E-state index is 0.129. The number of nitrogens with one attached hydrogen (secondary N) is 1. The molecule has 0 aromatic heterocycles. The standard InChI is InChI=1S/C67H125NO10/c1-4-7-10-13-16-19-22-25-27-29-30-31-33-34-36-39-42-45-48-51-54-60(71)66(75)68-58(59(70)53-50-47-44-41-38-24-21-18-15-12-9-6-3)57-76-67-65(64(74)63(73)61(56-69)77-67)78-62(72)55-52-49-46-43-40-37-35-32-28-26-23-20-17-14-11-8-5-2/h16,19,25,27,50,53,58-61,63-65,67,69-71,73-74H,4-15,17-18,20-24,26,28-49,51-52,54-57H2,1-3H3,(H,68,75)/b19-16-,27-25-,53-50+. The van der Waals surface area contributed by atoms with E-state index in [2.05, 4.69) is 50.4 Å². The van der Waals surface area contributed by atoms with Crippen molar-refractivity contribution in [3.63, 3.8) is 0 Å². The highest BCUT2D eigenvalue weighted by Crippen LogP contribution is 2.26. The van der Waals surface area contributed by atoms with E-state index in [0.717, 1.165) is 70.6 Å². The number of aliphatic hydroxyl groups excluding tert-OH is 5. The second kappa shape index (κ2) is 55.4. The van der Waals surface area contributed by atoms with Gasteiger partial charge in [-0.2, -0.15) is 0 Å². The van der Waals surface area contributed by atoms with Crippen LogP contribution in [0.4, 0.5) is 0 Å². The molecule has 6 N–H and O–H groups in total. The van der Waals surface area contributed by atoms with Crippen LogP contribution in [0.5, 0.6) is 0 Å². The zero-order valence-electron chi connectivity index (χ0n) is 50.8. The van der Waals surface area contributed by atoms with Crippen LogP contribution in [0.1, 0.15) is 316 Å². The molecule has 11 nitrogen and oxygen atoms in total. The van der Waals surface area contributed by atoms with Crippen molar-refractivity contribution in [2.24, 2.45) is 0 Å². The lowest BCUT2D eigenvalue weighted by Gasteiger charge is -2.41. The van der Waals surface area contributed by atoms with E-state index in [1.165, 1.54) is 199 Å². The van der Waals surface area contributed by atoms with Crippen molar-refractivity contribution in [2.45, 2.75) is 365 Å². The maximum atomic E-state index is 13.4. The number of rotatable bonds is 57. The van der Waals surface area contributed by atoms with Crippen molar-refractivity contribution >= 4 is 11.9 Å². The van der Waals surface area contributed by atoms with Crippen LogP contribution in [0.15, 0.2) is 36.5 Å². The molecule has 1 saturated heterocycles. The van der Waals surface area contributed by atoms with Crippen LogP contribution in [0.2, 0.25) is 0 Å². The Morgan fingerprint density at radius 1 is 0.500 bits per heavy atom. The van der Waals surface area contributed by atoms with E-state index in [1.54, 1.807) is 6.08 Å². The second-order valence-corrected chi connectivity index (χ2v) is 23.2. The number of hydrogen-bond donors (Lipinski definition) is 6. The third kappa shape index (κ3) is 42.7. The van der Waals surface area contributed by atoms with E-state index >= 15 is 0 Å². The van der Waals surface area contributed by atoms with Gasteiger partial charge >= 0.3 is 5.97 Å². The zero-order chi connectivity index (χ0) is 56.8. The fraction of sp³-hybridized carbons (Fsp3) is 0.881. The van der Waals surface area contributed by atoms with Crippen LogP contribution in [0, 0.1) is 0 Å². The normalized spacial score (nSPS) is 19.1. The molecule has 1 aliphatic heterocycles. The van der Waals surface area contributed by atoms with Gasteiger partial charge in [0.2, 0.25) is 5.91 Å². The first-order chi connectivity index (χ1) is 38.2. The van der Waals surface area contributed by atoms with Crippen molar-refractivity contribution in [2.75, 3.05) is 13.2 Å². The van der Waals surface area contributed by atoms with Crippen molar-refractivity contribution in [1.82, 2.24) is 5.32 Å². The Bertz CT molecular complexity index is 1410. The molecule has 78 heavy (non-hydrogen) atoms. The van der Waals surface area contributed by atoms with Gasteiger partial charge in [0.1, 0.15) is 24.4 Å². The van der Waals surface area contributed by atoms with Gasteiger partial charge in [-0.25, -0.2) is 0 Å². The summed E-state index contributed by atoms with van der Waals surface area (Å²) in [7, 11) is 0. The monoisotopic (exact) mass is 1100 g/mol. The Labute approximate surface area is 479 Å². The van der Waals surface area contributed by atoms with E-state index in [-0.39, 0.29) is 13.0 Å². The Morgan fingerprint density at radius 2 is 0.885 bits per heavy atom. The Kier molecular flexibility index (Phi) is 52.5. The highest BCUT2D eigenvalue weighted by atomic mass is 16.7. The van der Waals surface area contributed by atoms with Gasteiger partial charge in [-0.15, -0.1) is 0 Å². The smallest absolute Gasteiger partial charge is 0.306 e. The van der Waals surface area contributed by atoms with Gasteiger partial charge in [0.15, 0.2) is 12.4 Å². The summed E-state index contributed by atoms with van der Waals surface area (Å²) in [6.07, 6.45) is 56.1. The maximum absolute atomic E-state index is 13.4. The van der Waals surface area contributed by atoms with Gasteiger partial charge < -0.3 is 45.1 Å². The van der Waals surface area contributed by atoms with Gasteiger partial charge in [0, 0.05) is 6.42 Å². The van der Waals surface area contributed by atoms with E-state index in [9.17, 15) is 35.1 Å². The van der Waals surface area contributed by atoms with Crippen molar-refractivity contribution < 1.29 is 49.3 Å². The first-order valence-electron chi connectivity index (χ1n) is 33.3. The number of unbranched alkanes of at least 4 members (excludes halogenated alkanes) is 39. The third-order valence-corrected chi connectivity index (χ3v) is 15.8. The first kappa shape index (κ1) is 73.9. The van der Waals surface area contributed by atoms with E-state index in [1.807, 2.05) is 6.08 Å². The molecule has 0 aromatic carbocycles. The average molecular weight is 1100 g/mol. The summed E-state index contributed by atoms with van der Waals surface area (Å²) in [6, 6.07) is -1.02. The predicted octanol–water partition coefficient (Wildman–Crippen LogP) is 16.2. The molecule has 0 aliphatic carbocycles. The number of aliphatic hydroxyl groups is 5. The van der Waals surface area contributed by atoms with Crippen molar-refractivity contribution in [3.05, 3.63) is 36.5 Å². The van der Waals surface area contributed by atoms with E-state index in [4.69, 9.17) is 14.2 Å². The highest BCUT2D eigenvalue weighted by molar-refractivity contribution is 5.80. The predicted molar refractivity (Wildman–Crippen MR) is 324 cm³/mol. The van der Waals surface area contributed by atoms with Gasteiger partial charge in [-0.1, -0.05) is 288 Å². The maximum Gasteiger partial charge on any atom is 0.306 e. The summed E-state index contributed by atoms with van der Waals surface area (Å²) in [4.78, 5) is 26.6. The van der Waals surface area contributed by atoms with Crippen LogP contribution >= 0.6 is 0 Å². The zero-order valence-corrected chi connectivity index (χ0v) is 50.8. The van der Waals surface area contributed by atoms with E-state index in [0.29, 0.717) is 19.3 Å². The molecule has 1 aliphatic rings. The fourth-order valence-corrected chi connectivity index (χ4v) is 10.5. The quantitative estimate of drug-likeness (QED) is 0.0195.